The van der Waals surface area contributed by atoms with Gasteiger partial charge < -0.3 is 5.11 Å². The van der Waals surface area contributed by atoms with E-state index < -0.39 is 11.9 Å². The molecule has 1 atom stereocenters. The summed E-state index contributed by atoms with van der Waals surface area (Å²) in [6.07, 6.45) is 0.570. The van der Waals surface area contributed by atoms with E-state index >= 15 is 0 Å². The van der Waals surface area contributed by atoms with Gasteiger partial charge in [-0.2, -0.15) is 0 Å². The van der Waals surface area contributed by atoms with Crippen LogP contribution in [-0.4, -0.2) is 16.1 Å². The zero-order valence-electron chi connectivity index (χ0n) is 10.3. The van der Waals surface area contributed by atoms with Gasteiger partial charge in [-0.1, -0.05) is 24.6 Å². The fourth-order valence-corrected chi connectivity index (χ4v) is 2.19. The molecule has 1 aromatic carbocycles. The Hall–Kier alpha value is -1.61. The minimum absolute atomic E-state index is 0.467. The Morgan fingerprint density at radius 1 is 1.44 bits per heavy atom. The molecule has 3 nitrogen and oxygen atoms in total. The first-order valence-corrected chi connectivity index (χ1v) is 6.20. The predicted octanol–water partition coefficient (Wildman–Crippen LogP) is 3.77. The van der Waals surface area contributed by atoms with Crippen molar-refractivity contribution >= 4 is 28.5 Å². The van der Waals surface area contributed by atoms with Crippen molar-refractivity contribution in [1.29, 1.82) is 0 Å². The molecule has 18 heavy (non-hydrogen) atoms. The third kappa shape index (κ3) is 2.31. The van der Waals surface area contributed by atoms with Gasteiger partial charge in [0.1, 0.15) is 5.15 Å². The van der Waals surface area contributed by atoms with Gasteiger partial charge in [0, 0.05) is 5.39 Å². The molecule has 0 radical (unpaired) electrons. The van der Waals surface area contributed by atoms with Gasteiger partial charge in [-0.15, -0.1) is 0 Å². The maximum absolute atomic E-state index is 11.2. The quantitative estimate of drug-likeness (QED) is 0.858. The van der Waals surface area contributed by atoms with E-state index in [9.17, 15) is 4.79 Å². The van der Waals surface area contributed by atoms with Crippen LogP contribution in [0.4, 0.5) is 0 Å². The van der Waals surface area contributed by atoms with Crippen molar-refractivity contribution < 1.29 is 9.90 Å². The first-order valence-electron chi connectivity index (χ1n) is 5.82. The van der Waals surface area contributed by atoms with E-state index in [2.05, 4.69) is 4.98 Å². The molecule has 94 valence electrons. The molecule has 0 saturated carbocycles. The van der Waals surface area contributed by atoms with Crippen molar-refractivity contribution in [3.05, 3.63) is 40.5 Å². The van der Waals surface area contributed by atoms with Gasteiger partial charge in [0.25, 0.3) is 0 Å². The van der Waals surface area contributed by atoms with Crippen molar-refractivity contribution in [2.75, 3.05) is 0 Å². The molecule has 1 unspecified atom stereocenters. The molecule has 4 heteroatoms. The standard InChI is InChI=1S/C14H14ClNO2/c1-3-11(14(17)18)9-4-5-12-10(7-9)6-8(2)13(15)16-12/h4-7,11H,3H2,1-2H3,(H,17,18). The normalized spacial score (nSPS) is 12.6. The summed E-state index contributed by atoms with van der Waals surface area (Å²) in [6, 6.07) is 7.45. The zero-order valence-corrected chi connectivity index (χ0v) is 11.0. The molecule has 0 aliphatic carbocycles. The Labute approximate surface area is 110 Å². The molecular formula is C14H14ClNO2. The Morgan fingerprint density at radius 2 is 2.17 bits per heavy atom. The number of pyridine rings is 1. The number of carboxylic acid groups (broad SMARTS) is 1. The van der Waals surface area contributed by atoms with Crippen molar-refractivity contribution in [1.82, 2.24) is 4.98 Å². The van der Waals surface area contributed by atoms with Crippen molar-refractivity contribution in [2.24, 2.45) is 0 Å². The first-order chi connectivity index (χ1) is 8.52. The minimum atomic E-state index is -0.796. The average molecular weight is 264 g/mol. The lowest BCUT2D eigenvalue weighted by Crippen LogP contribution is -2.10. The third-order valence-corrected chi connectivity index (χ3v) is 3.46. The van der Waals surface area contributed by atoms with E-state index in [1.54, 1.807) is 0 Å². The minimum Gasteiger partial charge on any atom is -0.481 e. The van der Waals surface area contributed by atoms with E-state index in [-0.39, 0.29) is 0 Å². The molecule has 2 rings (SSSR count). The summed E-state index contributed by atoms with van der Waals surface area (Å²) in [5, 5.41) is 10.6. The van der Waals surface area contributed by atoms with Gasteiger partial charge in [-0.3, -0.25) is 4.79 Å². The first kappa shape index (κ1) is 12.8. The van der Waals surface area contributed by atoms with Crippen LogP contribution in [0.2, 0.25) is 5.15 Å². The maximum Gasteiger partial charge on any atom is 0.310 e. The number of hydrogen-bond acceptors (Lipinski definition) is 2. The Balaban J connectivity index is 2.56. The fourth-order valence-electron chi connectivity index (χ4n) is 2.05. The number of nitrogens with zero attached hydrogens (tertiary/aromatic N) is 1. The van der Waals surface area contributed by atoms with E-state index in [4.69, 9.17) is 16.7 Å². The van der Waals surface area contributed by atoms with Crippen LogP contribution in [-0.2, 0) is 4.79 Å². The summed E-state index contributed by atoms with van der Waals surface area (Å²) < 4.78 is 0. The Bertz CT molecular complexity index is 610. The van der Waals surface area contributed by atoms with Gasteiger partial charge in [-0.05, 0) is 42.7 Å². The number of halogens is 1. The number of aromatic nitrogens is 1. The topological polar surface area (TPSA) is 50.2 Å². The molecule has 0 spiro atoms. The van der Waals surface area contributed by atoms with Crippen LogP contribution in [0.1, 0.15) is 30.4 Å². The lowest BCUT2D eigenvalue weighted by Gasteiger charge is -2.11. The summed E-state index contributed by atoms with van der Waals surface area (Å²) in [5.74, 6) is -1.26. The number of carboxylic acids is 1. The number of fused-ring (bicyclic) bond motifs is 1. The number of aryl methyl sites for hydroxylation is 1. The molecule has 0 saturated heterocycles. The largest absolute Gasteiger partial charge is 0.481 e. The molecule has 2 aromatic rings. The van der Waals surface area contributed by atoms with Crippen LogP contribution in [0.3, 0.4) is 0 Å². The molecule has 0 fully saturated rings. The molecule has 1 heterocycles. The van der Waals surface area contributed by atoms with Crippen LogP contribution in [0, 0.1) is 6.92 Å². The summed E-state index contributed by atoms with van der Waals surface area (Å²) in [7, 11) is 0. The zero-order chi connectivity index (χ0) is 13.3. The summed E-state index contributed by atoms with van der Waals surface area (Å²) in [6.45, 7) is 3.75. The maximum atomic E-state index is 11.2. The predicted molar refractivity (Wildman–Crippen MR) is 72.2 cm³/mol. The van der Waals surface area contributed by atoms with Gasteiger partial charge in [0.15, 0.2) is 0 Å². The molecular weight excluding hydrogens is 250 g/mol. The van der Waals surface area contributed by atoms with Crippen molar-refractivity contribution in [3.8, 4) is 0 Å². The smallest absolute Gasteiger partial charge is 0.310 e. The Morgan fingerprint density at radius 3 is 2.78 bits per heavy atom. The molecule has 1 N–H and O–H groups in total. The number of benzene rings is 1. The number of carbonyl (C=O) groups is 1. The van der Waals surface area contributed by atoms with Gasteiger partial charge >= 0.3 is 5.97 Å². The summed E-state index contributed by atoms with van der Waals surface area (Å²) >= 11 is 5.96. The van der Waals surface area contributed by atoms with Gasteiger partial charge in [-0.25, -0.2) is 4.98 Å². The second-order valence-corrected chi connectivity index (χ2v) is 4.71. The van der Waals surface area contributed by atoms with E-state index in [0.717, 1.165) is 22.0 Å². The highest BCUT2D eigenvalue weighted by Gasteiger charge is 2.17. The number of aliphatic carboxylic acids is 1. The monoisotopic (exact) mass is 263 g/mol. The highest BCUT2D eigenvalue weighted by molar-refractivity contribution is 6.30. The van der Waals surface area contributed by atoms with Crippen LogP contribution in [0.25, 0.3) is 10.9 Å². The van der Waals surface area contributed by atoms with Crippen LogP contribution in [0.15, 0.2) is 24.3 Å². The number of rotatable bonds is 3. The molecule has 0 aliphatic rings. The molecule has 0 bridgehead atoms. The average Bonchev–Trinajstić information content (AvgIpc) is 2.31. The summed E-state index contributed by atoms with van der Waals surface area (Å²) in [5.41, 5.74) is 2.49. The van der Waals surface area contributed by atoms with Crippen LogP contribution in [0.5, 0.6) is 0 Å². The SMILES string of the molecule is CCC(C(=O)O)c1ccc2nc(Cl)c(C)cc2c1. The highest BCUT2D eigenvalue weighted by atomic mass is 35.5. The van der Waals surface area contributed by atoms with E-state index in [0.29, 0.717) is 11.6 Å². The number of hydrogen-bond donors (Lipinski definition) is 1. The van der Waals surface area contributed by atoms with Crippen LogP contribution < -0.4 is 0 Å². The van der Waals surface area contributed by atoms with Gasteiger partial charge in [0.05, 0.1) is 11.4 Å². The Kier molecular flexibility index (Phi) is 3.53. The van der Waals surface area contributed by atoms with E-state index in [1.165, 1.54) is 0 Å². The molecule has 0 amide bonds. The lowest BCUT2D eigenvalue weighted by molar-refractivity contribution is -0.138. The highest BCUT2D eigenvalue weighted by Crippen LogP contribution is 2.26. The molecule has 1 aromatic heterocycles. The van der Waals surface area contributed by atoms with Gasteiger partial charge in [0.2, 0.25) is 0 Å². The molecule has 0 aliphatic heterocycles. The second-order valence-electron chi connectivity index (χ2n) is 4.35. The lowest BCUT2D eigenvalue weighted by atomic mass is 9.95. The second kappa shape index (κ2) is 4.94. The van der Waals surface area contributed by atoms with Crippen molar-refractivity contribution in [2.45, 2.75) is 26.2 Å². The van der Waals surface area contributed by atoms with E-state index in [1.807, 2.05) is 38.1 Å². The van der Waals surface area contributed by atoms with Crippen molar-refractivity contribution in [3.63, 3.8) is 0 Å². The van der Waals surface area contributed by atoms with Crippen LogP contribution >= 0.6 is 11.6 Å². The third-order valence-electron chi connectivity index (χ3n) is 3.08. The summed E-state index contributed by atoms with van der Waals surface area (Å²) in [4.78, 5) is 15.4. The fraction of sp³-hybridized carbons (Fsp3) is 0.286.